The molecule has 0 saturated carbocycles. The molecule has 1 aromatic carbocycles. The maximum atomic E-state index is 9.05. The number of rotatable bonds is 3. The summed E-state index contributed by atoms with van der Waals surface area (Å²) in [5, 5.41) is 10.2. The summed E-state index contributed by atoms with van der Waals surface area (Å²) in [6, 6.07) is 10.2. The molecule has 0 saturated heterocycles. The Balaban J connectivity index is 2.42. The van der Waals surface area contributed by atoms with Crippen LogP contribution in [-0.4, -0.2) is 16.7 Å². The topological polar surface area (TPSA) is 33.1 Å². The third-order valence-corrected chi connectivity index (χ3v) is 2.62. The van der Waals surface area contributed by atoms with Gasteiger partial charge in [0.2, 0.25) is 0 Å². The Hall–Kier alpha value is -1.41. The lowest BCUT2D eigenvalue weighted by atomic mass is 9.98. The van der Waals surface area contributed by atoms with Crippen LogP contribution in [0.25, 0.3) is 10.9 Å². The molecular formula is C13H15NO. The van der Waals surface area contributed by atoms with E-state index >= 15 is 0 Å². The average Bonchev–Trinajstić information content (AvgIpc) is 2.29. The summed E-state index contributed by atoms with van der Waals surface area (Å²) >= 11 is 0. The highest BCUT2D eigenvalue weighted by atomic mass is 16.3. The van der Waals surface area contributed by atoms with Gasteiger partial charge in [0.15, 0.2) is 0 Å². The fourth-order valence-corrected chi connectivity index (χ4v) is 1.79. The van der Waals surface area contributed by atoms with Gasteiger partial charge in [-0.25, -0.2) is 0 Å². The highest BCUT2D eigenvalue weighted by molar-refractivity contribution is 5.81. The normalized spacial score (nSPS) is 12.9. The number of aromatic nitrogens is 1. The van der Waals surface area contributed by atoms with Crippen molar-refractivity contribution in [2.45, 2.75) is 13.3 Å². The average molecular weight is 201 g/mol. The number of fused-ring (bicyclic) bond motifs is 1. The van der Waals surface area contributed by atoms with Crippen molar-refractivity contribution in [1.82, 2.24) is 4.98 Å². The lowest BCUT2D eigenvalue weighted by molar-refractivity contribution is 0.237. The van der Waals surface area contributed by atoms with E-state index in [0.717, 1.165) is 11.9 Å². The van der Waals surface area contributed by atoms with Crippen LogP contribution in [0.2, 0.25) is 0 Å². The zero-order valence-electron chi connectivity index (χ0n) is 8.85. The van der Waals surface area contributed by atoms with Gasteiger partial charge in [-0.15, -0.1) is 0 Å². The van der Waals surface area contributed by atoms with E-state index in [1.54, 1.807) is 0 Å². The molecule has 1 atom stereocenters. The molecule has 0 spiro atoms. The standard InChI is InChI=1S/C13H15NO/c1-10(9-15)8-11-4-2-6-13-12(11)5-3-7-14-13/h2-7,10,15H,8-9H2,1H3. The molecule has 0 bridgehead atoms. The maximum absolute atomic E-state index is 9.05. The molecule has 1 heterocycles. The number of benzene rings is 1. The van der Waals surface area contributed by atoms with E-state index < -0.39 is 0 Å². The Bertz CT molecular complexity index is 448. The summed E-state index contributed by atoms with van der Waals surface area (Å²) in [4.78, 5) is 4.31. The first-order chi connectivity index (χ1) is 7.31. The maximum Gasteiger partial charge on any atom is 0.0704 e. The minimum absolute atomic E-state index is 0.233. The molecule has 0 fully saturated rings. The Morgan fingerprint density at radius 2 is 2.13 bits per heavy atom. The van der Waals surface area contributed by atoms with Crippen LogP contribution >= 0.6 is 0 Å². The Labute approximate surface area is 89.6 Å². The van der Waals surface area contributed by atoms with Crippen molar-refractivity contribution in [2.75, 3.05) is 6.61 Å². The van der Waals surface area contributed by atoms with Crippen molar-refractivity contribution in [2.24, 2.45) is 5.92 Å². The fraction of sp³-hybridized carbons (Fsp3) is 0.308. The van der Waals surface area contributed by atoms with Crippen molar-refractivity contribution < 1.29 is 5.11 Å². The molecule has 0 aliphatic rings. The van der Waals surface area contributed by atoms with Gasteiger partial charge in [-0.05, 0) is 30.0 Å². The fourth-order valence-electron chi connectivity index (χ4n) is 1.79. The van der Waals surface area contributed by atoms with Gasteiger partial charge in [0.05, 0.1) is 5.52 Å². The third kappa shape index (κ3) is 2.16. The Morgan fingerprint density at radius 1 is 1.27 bits per heavy atom. The second kappa shape index (κ2) is 4.41. The largest absolute Gasteiger partial charge is 0.396 e. The number of nitrogens with zero attached hydrogens (tertiary/aromatic N) is 1. The van der Waals surface area contributed by atoms with E-state index in [4.69, 9.17) is 5.11 Å². The van der Waals surface area contributed by atoms with Gasteiger partial charge in [-0.3, -0.25) is 4.98 Å². The second-order valence-electron chi connectivity index (χ2n) is 3.98. The molecular weight excluding hydrogens is 186 g/mol. The van der Waals surface area contributed by atoms with E-state index in [9.17, 15) is 0 Å². The first-order valence-corrected chi connectivity index (χ1v) is 5.24. The number of pyridine rings is 1. The molecule has 2 nitrogen and oxygen atoms in total. The Kier molecular flexibility index (Phi) is 2.97. The predicted molar refractivity (Wildman–Crippen MR) is 61.7 cm³/mol. The van der Waals surface area contributed by atoms with Gasteiger partial charge in [-0.1, -0.05) is 25.1 Å². The van der Waals surface area contributed by atoms with Gasteiger partial charge in [0.25, 0.3) is 0 Å². The van der Waals surface area contributed by atoms with E-state index in [1.807, 2.05) is 24.4 Å². The van der Waals surface area contributed by atoms with Gasteiger partial charge in [0, 0.05) is 18.2 Å². The van der Waals surface area contributed by atoms with Crippen LogP contribution in [0.15, 0.2) is 36.5 Å². The lowest BCUT2D eigenvalue weighted by Crippen LogP contribution is -2.04. The molecule has 0 aliphatic heterocycles. The Morgan fingerprint density at radius 3 is 2.93 bits per heavy atom. The second-order valence-corrected chi connectivity index (χ2v) is 3.98. The first-order valence-electron chi connectivity index (χ1n) is 5.24. The van der Waals surface area contributed by atoms with Crippen molar-refractivity contribution in [3.8, 4) is 0 Å². The molecule has 2 rings (SSSR count). The SMILES string of the molecule is CC(CO)Cc1cccc2ncccc12. The van der Waals surface area contributed by atoms with Gasteiger partial charge in [0.1, 0.15) is 0 Å². The van der Waals surface area contributed by atoms with Gasteiger partial charge >= 0.3 is 0 Å². The first kappa shape index (κ1) is 10.1. The summed E-state index contributed by atoms with van der Waals surface area (Å²) in [6.07, 6.45) is 2.71. The summed E-state index contributed by atoms with van der Waals surface area (Å²) < 4.78 is 0. The zero-order valence-corrected chi connectivity index (χ0v) is 8.85. The highest BCUT2D eigenvalue weighted by Crippen LogP contribution is 2.19. The van der Waals surface area contributed by atoms with Crippen molar-refractivity contribution in [1.29, 1.82) is 0 Å². The van der Waals surface area contributed by atoms with E-state index in [0.29, 0.717) is 5.92 Å². The van der Waals surface area contributed by atoms with Crippen LogP contribution in [-0.2, 0) is 6.42 Å². The summed E-state index contributed by atoms with van der Waals surface area (Å²) in [5.74, 6) is 0.302. The van der Waals surface area contributed by atoms with E-state index in [1.165, 1.54) is 10.9 Å². The third-order valence-electron chi connectivity index (χ3n) is 2.62. The quantitative estimate of drug-likeness (QED) is 0.827. The van der Waals surface area contributed by atoms with Crippen LogP contribution in [0.3, 0.4) is 0 Å². The molecule has 1 unspecified atom stereocenters. The minimum atomic E-state index is 0.233. The molecule has 15 heavy (non-hydrogen) atoms. The number of aliphatic hydroxyl groups excluding tert-OH is 1. The summed E-state index contributed by atoms with van der Waals surface area (Å²) in [5.41, 5.74) is 2.29. The summed E-state index contributed by atoms with van der Waals surface area (Å²) in [6.45, 7) is 2.28. The minimum Gasteiger partial charge on any atom is -0.396 e. The molecule has 2 heteroatoms. The van der Waals surface area contributed by atoms with Gasteiger partial charge < -0.3 is 5.11 Å². The molecule has 1 N–H and O–H groups in total. The van der Waals surface area contributed by atoms with Crippen LogP contribution in [0, 0.1) is 5.92 Å². The van der Waals surface area contributed by atoms with Crippen molar-refractivity contribution in [3.05, 3.63) is 42.1 Å². The smallest absolute Gasteiger partial charge is 0.0704 e. The molecule has 78 valence electrons. The van der Waals surface area contributed by atoms with E-state index in [-0.39, 0.29) is 6.61 Å². The highest BCUT2D eigenvalue weighted by Gasteiger charge is 2.05. The number of hydrogen-bond acceptors (Lipinski definition) is 2. The molecule has 0 aliphatic carbocycles. The molecule has 0 radical (unpaired) electrons. The molecule has 1 aromatic heterocycles. The number of hydrogen-bond donors (Lipinski definition) is 1. The van der Waals surface area contributed by atoms with Crippen LogP contribution in [0.1, 0.15) is 12.5 Å². The van der Waals surface area contributed by atoms with Crippen LogP contribution in [0.5, 0.6) is 0 Å². The molecule has 0 amide bonds. The monoisotopic (exact) mass is 201 g/mol. The summed E-state index contributed by atoms with van der Waals surface area (Å²) in [7, 11) is 0. The number of aliphatic hydroxyl groups is 1. The van der Waals surface area contributed by atoms with Gasteiger partial charge in [-0.2, -0.15) is 0 Å². The van der Waals surface area contributed by atoms with Crippen molar-refractivity contribution in [3.63, 3.8) is 0 Å². The zero-order chi connectivity index (χ0) is 10.7. The lowest BCUT2D eigenvalue weighted by Gasteiger charge is -2.09. The van der Waals surface area contributed by atoms with Crippen LogP contribution in [0.4, 0.5) is 0 Å². The van der Waals surface area contributed by atoms with E-state index in [2.05, 4.69) is 24.0 Å². The predicted octanol–water partition coefficient (Wildman–Crippen LogP) is 2.41. The van der Waals surface area contributed by atoms with Crippen molar-refractivity contribution >= 4 is 10.9 Å². The van der Waals surface area contributed by atoms with Crippen LogP contribution < -0.4 is 0 Å². The molecule has 2 aromatic rings.